The molecule has 0 spiro atoms. The van der Waals surface area contributed by atoms with E-state index in [4.69, 9.17) is 4.74 Å². The van der Waals surface area contributed by atoms with Crippen molar-refractivity contribution in [2.75, 3.05) is 13.2 Å². The van der Waals surface area contributed by atoms with Crippen LogP contribution in [0.15, 0.2) is 24.3 Å². The number of nitrogens with one attached hydrogen (secondary N) is 1. The summed E-state index contributed by atoms with van der Waals surface area (Å²) in [5.41, 5.74) is -0.520. The standard InChI is InChI=1S/C13H14F3NO4/c1-2-21-12(19)17-11(18)8-20-7-9-4-3-5-10(6-9)13(14,15)16/h3-6H,2,7-8H2,1H3,(H,17,18,19). The molecule has 0 saturated heterocycles. The Morgan fingerprint density at radius 2 is 2.00 bits per heavy atom. The molecule has 0 aromatic heterocycles. The highest BCUT2D eigenvalue weighted by Gasteiger charge is 2.30. The molecule has 1 rings (SSSR count). The van der Waals surface area contributed by atoms with Crippen LogP contribution >= 0.6 is 0 Å². The maximum Gasteiger partial charge on any atom is 0.416 e. The molecule has 1 aromatic carbocycles. The zero-order valence-corrected chi connectivity index (χ0v) is 11.2. The largest absolute Gasteiger partial charge is 0.450 e. The Hall–Kier alpha value is -2.09. The molecule has 0 aliphatic rings. The summed E-state index contributed by atoms with van der Waals surface area (Å²) >= 11 is 0. The van der Waals surface area contributed by atoms with E-state index in [0.29, 0.717) is 0 Å². The van der Waals surface area contributed by atoms with Gasteiger partial charge in [0.25, 0.3) is 5.91 Å². The van der Waals surface area contributed by atoms with E-state index in [1.54, 1.807) is 6.92 Å². The highest BCUT2D eigenvalue weighted by atomic mass is 19.4. The van der Waals surface area contributed by atoms with Crippen LogP contribution in [-0.4, -0.2) is 25.2 Å². The van der Waals surface area contributed by atoms with Gasteiger partial charge in [-0.2, -0.15) is 13.2 Å². The molecule has 0 atom stereocenters. The molecule has 0 heterocycles. The van der Waals surface area contributed by atoms with Gasteiger partial charge in [-0.3, -0.25) is 10.1 Å². The summed E-state index contributed by atoms with van der Waals surface area (Å²) in [5.74, 6) is -0.736. The van der Waals surface area contributed by atoms with Gasteiger partial charge in [-0.05, 0) is 24.6 Å². The lowest BCUT2D eigenvalue weighted by atomic mass is 10.1. The van der Waals surface area contributed by atoms with Crippen molar-refractivity contribution in [3.8, 4) is 0 Å². The molecular weight excluding hydrogens is 291 g/mol. The highest BCUT2D eigenvalue weighted by Crippen LogP contribution is 2.29. The smallest absolute Gasteiger partial charge is 0.416 e. The van der Waals surface area contributed by atoms with Crippen LogP contribution < -0.4 is 5.32 Å². The molecule has 2 amide bonds. The number of carbonyl (C=O) groups excluding carboxylic acids is 2. The summed E-state index contributed by atoms with van der Waals surface area (Å²) in [6.07, 6.45) is -5.33. The topological polar surface area (TPSA) is 64.6 Å². The fraction of sp³-hybridized carbons (Fsp3) is 0.385. The molecule has 0 aliphatic carbocycles. The average molecular weight is 305 g/mol. The molecule has 0 saturated carbocycles. The Balaban J connectivity index is 2.42. The van der Waals surface area contributed by atoms with Gasteiger partial charge in [0.1, 0.15) is 6.61 Å². The molecule has 8 heteroatoms. The first-order valence-corrected chi connectivity index (χ1v) is 6.03. The van der Waals surface area contributed by atoms with E-state index in [1.165, 1.54) is 12.1 Å². The van der Waals surface area contributed by atoms with Gasteiger partial charge < -0.3 is 9.47 Å². The highest BCUT2D eigenvalue weighted by molar-refractivity contribution is 5.92. The third-order valence-electron chi connectivity index (χ3n) is 2.27. The number of alkyl halides is 3. The SMILES string of the molecule is CCOC(=O)NC(=O)COCc1cccc(C(F)(F)F)c1. The van der Waals surface area contributed by atoms with Crippen LogP contribution in [0, 0.1) is 0 Å². The lowest BCUT2D eigenvalue weighted by Gasteiger charge is -2.09. The van der Waals surface area contributed by atoms with Crippen LogP contribution in [0.2, 0.25) is 0 Å². The predicted octanol–water partition coefficient (Wildman–Crippen LogP) is 2.49. The predicted molar refractivity (Wildman–Crippen MR) is 66.3 cm³/mol. The molecule has 1 N–H and O–H groups in total. The first-order chi connectivity index (χ1) is 9.82. The number of carbonyl (C=O) groups is 2. The summed E-state index contributed by atoms with van der Waals surface area (Å²) in [7, 11) is 0. The maximum atomic E-state index is 12.5. The Labute approximate surface area is 119 Å². The van der Waals surface area contributed by atoms with Crippen molar-refractivity contribution in [1.29, 1.82) is 0 Å². The van der Waals surface area contributed by atoms with E-state index in [2.05, 4.69) is 4.74 Å². The second kappa shape index (κ2) is 7.63. The van der Waals surface area contributed by atoms with E-state index in [0.717, 1.165) is 12.1 Å². The lowest BCUT2D eigenvalue weighted by Crippen LogP contribution is -2.33. The Morgan fingerprint density at radius 3 is 2.62 bits per heavy atom. The first-order valence-electron chi connectivity index (χ1n) is 6.03. The Bertz CT molecular complexity index is 502. The van der Waals surface area contributed by atoms with Gasteiger partial charge in [0.2, 0.25) is 0 Å². The molecule has 0 aliphatic heterocycles. The minimum atomic E-state index is -4.43. The van der Waals surface area contributed by atoms with Crippen molar-refractivity contribution in [2.45, 2.75) is 19.7 Å². The number of hydrogen-bond acceptors (Lipinski definition) is 4. The van der Waals surface area contributed by atoms with Gasteiger partial charge in [-0.25, -0.2) is 4.79 Å². The number of halogens is 3. The monoisotopic (exact) mass is 305 g/mol. The van der Waals surface area contributed by atoms with Crippen molar-refractivity contribution in [1.82, 2.24) is 5.32 Å². The van der Waals surface area contributed by atoms with Gasteiger partial charge in [0.05, 0.1) is 18.8 Å². The van der Waals surface area contributed by atoms with Gasteiger partial charge in [-0.1, -0.05) is 12.1 Å². The minimum Gasteiger partial charge on any atom is -0.450 e. The van der Waals surface area contributed by atoms with Crippen LogP contribution in [-0.2, 0) is 27.1 Å². The minimum absolute atomic E-state index is 0.115. The summed E-state index contributed by atoms with van der Waals surface area (Å²) in [4.78, 5) is 22.1. The Morgan fingerprint density at radius 1 is 1.29 bits per heavy atom. The van der Waals surface area contributed by atoms with Crippen molar-refractivity contribution >= 4 is 12.0 Å². The average Bonchev–Trinajstić information content (AvgIpc) is 2.38. The maximum absolute atomic E-state index is 12.5. The molecule has 0 radical (unpaired) electrons. The van der Waals surface area contributed by atoms with Gasteiger partial charge in [0.15, 0.2) is 0 Å². The summed E-state index contributed by atoms with van der Waals surface area (Å²) in [6.45, 7) is 1.05. The van der Waals surface area contributed by atoms with Crippen LogP contribution in [0.25, 0.3) is 0 Å². The number of rotatable bonds is 5. The fourth-order valence-corrected chi connectivity index (χ4v) is 1.42. The molecule has 0 fully saturated rings. The number of ether oxygens (including phenoxy) is 2. The lowest BCUT2D eigenvalue weighted by molar-refractivity contribution is -0.137. The Kier molecular flexibility index (Phi) is 6.16. The van der Waals surface area contributed by atoms with Crippen molar-refractivity contribution < 1.29 is 32.2 Å². The van der Waals surface area contributed by atoms with E-state index in [9.17, 15) is 22.8 Å². The number of benzene rings is 1. The van der Waals surface area contributed by atoms with Gasteiger partial charge >= 0.3 is 12.3 Å². The number of hydrogen-bond donors (Lipinski definition) is 1. The number of alkyl carbamates (subject to hydrolysis) is 1. The molecule has 5 nitrogen and oxygen atoms in total. The zero-order valence-electron chi connectivity index (χ0n) is 11.2. The third kappa shape index (κ3) is 6.26. The summed E-state index contributed by atoms with van der Waals surface area (Å²) in [6, 6.07) is 4.57. The van der Waals surface area contributed by atoms with Crippen LogP contribution in [0.4, 0.5) is 18.0 Å². The van der Waals surface area contributed by atoms with Gasteiger partial charge in [0, 0.05) is 0 Å². The second-order valence-electron chi connectivity index (χ2n) is 3.96. The normalized spacial score (nSPS) is 11.0. The second-order valence-corrected chi connectivity index (χ2v) is 3.96. The van der Waals surface area contributed by atoms with Gasteiger partial charge in [-0.15, -0.1) is 0 Å². The quantitative estimate of drug-likeness (QED) is 0.907. The summed E-state index contributed by atoms with van der Waals surface area (Å²) in [5, 5.41) is 1.90. The van der Waals surface area contributed by atoms with E-state index >= 15 is 0 Å². The zero-order chi connectivity index (χ0) is 15.9. The van der Waals surface area contributed by atoms with E-state index in [1.807, 2.05) is 5.32 Å². The molecule has 116 valence electrons. The van der Waals surface area contributed by atoms with Crippen molar-refractivity contribution in [3.63, 3.8) is 0 Å². The molecule has 21 heavy (non-hydrogen) atoms. The summed E-state index contributed by atoms with van der Waals surface area (Å²) < 4.78 is 46.9. The molecule has 1 aromatic rings. The van der Waals surface area contributed by atoms with Crippen LogP contribution in [0.3, 0.4) is 0 Å². The van der Waals surface area contributed by atoms with Crippen molar-refractivity contribution in [3.05, 3.63) is 35.4 Å². The molecular formula is C13H14F3NO4. The molecule has 0 bridgehead atoms. The third-order valence-corrected chi connectivity index (χ3v) is 2.27. The van der Waals surface area contributed by atoms with Crippen molar-refractivity contribution in [2.24, 2.45) is 0 Å². The van der Waals surface area contributed by atoms with Crippen LogP contribution in [0.1, 0.15) is 18.1 Å². The first kappa shape index (κ1) is 17.0. The number of amides is 2. The fourth-order valence-electron chi connectivity index (χ4n) is 1.42. The van der Waals surface area contributed by atoms with Crippen LogP contribution in [0.5, 0.6) is 0 Å². The van der Waals surface area contributed by atoms with E-state index in [-0.39, 0.29) is 18.8 Å². The molecule has 0 unspecified atom stereocenters. The number of imide groups is 1. The van der Waals surface area contributed by atoms with E-state index < -0.39 is 30.3 Å².